The molecule has 29 heavy (non-hydrogen) atoms. The molecule has 2 heterocycles. The van der Waals surface area contributed by atoms with Crippen LogP contribution in [0.3, 0.4) is 0 Å². The lowest BCUT2D eigenvalue weighted by Gasteiger charge is -2.34. The monoisotopic (exact) mass is 423 g/mol. The van der Waals surface area contributed by atoms with Gasteiger partial charge in [-0.1, -0.05) is 31.0 Å². The minimum Gasteiger partial charge on any atom is -0.494 e. The third kappa shape index (κ3) is 5.71. The summed E-state index contributed by atoms with van der Waals surface area (Å²) in [4.78, 5) is 12.8. The first-order chi connectivity index (χ1) is 14.0. The van der Waals surface area contributed by atoms with Crippen molar-refractivity contribution in [1.29, 1.82) is 0 Å². The molecule has 2 fully saturated rings. The fourth-order valence-corrected chi connectivity index (χ4v) is 5.85. The van der Waals surface area contributed by atoms with E-state index in [0.717, 1.165) is 37.0 Å². The highest BCUT2D eigenvalue weighted by atomic mass is 32.2. The number of amides is 1. The maximum atomic E-state index is 13.1. The van der Waals surface area contributed by atoms with Crippen LogP contribution in [0, 0.1) is 5.92 Å². The van der Waals surface area contributed by atoms with E-state index in [2.05, 4.69) is 5.32 Å². The van der Waals surface area contributed by atoms with Gasteiger partial charge in [-0.15, -0.1) is 0 Å². The molecule has 0 spiro atoms. The summed E-state index contributed by atoms with van der Waals surface area (Å²) in [5.74, 6) is 0.362. The molecule has 2 aliphatic heterocycles. The van der Waals surface area contributed by atoms with Crippen LogP contribution in [0.1, 0.15) is 51.0 Å². The van der Waals surface area contributed by atoms with Crippen molar-refractivity contribution in [2.24, 2.45) is 5.92 Å². The molecule has 7 nitrogen and oxygen atoms in total. The molecule has 1 aromatic rings. The van der Waals surface area contributed by atoms with Crippen LogP contribution in [0.2, 0.25) is 0 Å². The zero-order valence-electron chi connectivity index (χ0n) is 17.3. The molecule has 0 aliphatic carbocycles. The maximum absolute atomic E-state index is 13.1. The van der Waals surface area contributed by atoms with Crippen molar-refractivity contribution < 1.29 is 17.9 Å². The Morgan fingerprint density at radius 3 is 2.48 bits per heavy atom. The van der Waals surface area contributed by atoms with Crippen molar-refractivity contribution in [2.45, 2.75) is 52.0 Å². The molecule has 1 amide bonds. The molecule has 162 valence electrons. The second kappa shape index (κ2) is 10.4. The van der Waals surface area contributed by atoms with Crippen LogP contribution in [0.5, 0.6) is 5.75 Å². The highest BCUT2D eigenvalue weighted by molar-refractivity contribution is 7.86. The molecule has 1 aromatic carbocycles. The number of hydrogen-bond donors (Lipinski definition) is 1. The van der Waals surface area contributed by atoms with E-state index in [9.17, 15) is 13.2 Å². The van der Waals surface area contributed by atoms with Gasteiger partial charge >= 0.3 is 0 Å². The van der Waals surface area contributed by atoms with E-state index in [1.165, 1.54) is 4.31 Å². The summed E-state index contributed by atoms with van der Waals surface area (Å²) in [5.41, 5.74) is 0.924. The Kier molecular flexibility index (Phi) is 7.91. The highest BCUT2D eigenvalue weighted by Crippen LogP contribution is 2.24. The Morgan fingerprint density at radius 1 is 1.07 bits per heavy atom. The van der Waals surface area contributed by atoms with Crippen molar-refractivity contribution >= 4 is 16.1 Å². The predicted octanol–water partition coefficient (Wildman–Crippen LogP) is 2.53. The van der Waals surface area contributed by atoms with Crippen LogP contribution in [0.25, 0.3) is 0 Å². The number of nitrogens with zero attached hydrogens (tertiary/aromatic N) is 2. The highest BCUT2D eigenvalue weighted by Gasteiger charge is 2.35. The molecule has 0 bridgehead atoms. The van der Waals surface area contributed by atoms with Gasteiger partial charge in [-0.2, -0.15) is 17.0 Å². The lowest BCUT2D eigenvalue weighted by Crippen LogP contribution is -2.50. The van der Waals surface area contributed by atoms with E-state index in [1.54, 1.807) is 4.31 Å². The fourth-order valence-electron chi connectivity index (χ4n) is 4.07. The van der Waals surface area contributed by atoms with Crippen LogP contribution in [0.4, 0.5) is 0 Å². The molecule has 1 atom stereocenters. The van der Waals surface area contributed by atoms with Crippen molar-refractivity contribution in [3.63, 3.8) is 0 Å². The van der Waals surface area contributed by atoms with Gasteiger partial charge in [0, 0.05) is 38.3 Å². The molecule has 8 heteroatoms. The van der Waals surface area contributed by atoms with E-state index < -0.39 is 10.2 Å². The summed E-state index contributed by atoms with van der Waals surface area (Å²) in [6, 6.07) is 7.65. The van der Waals surface area contributed by atoms with Gasteiger partial charge in [-0.05, 0) is 38.7 Å². The standard InChI is InChI=1S/C21H33N3O4S/c1-2-28-20-12-6-5-10-18(20)16-22-21(25)19-11-9-15-24(17-19)29(26,27)23-13-7-3-4-8-14-23/h5-6,10,12,19H,2-4,7-9,11,13-17H2,1H3,(H,22,25)/t19-/m1/s1. The molecular weight excluding hydrogens is 390 g/mol. The Labute approximate surface area is 174 Å². The summed E-state index contributed by atoms with van der Waals surface area (Å²) in [7, 11) is -3.49. The van der Waals surface area contributed by atoms with E-state index in [-0.39, 0.29) is 18.4 Å². The van der Waals surface area contributed by atoms with E-state index in [4.69, 9.17) is 4.74 Å². The summed E-state index contributed by atoms with van der Waals surface area (Å²) in [6.07, 6.45) is 5.42. The molecule has 0 aromatic heterocycles. The van der Waals surface area contributed by atoms with Gasteiger partial charge < -0.3 is 10.1 Å². The van der Waals surface area contributed by atoms with Crippen LogP contribution >= 0.6 is 0 Å². The minimum absolute atomic E-state index is 0.0907. The first-order valence-electron chi connectivity index (χ1n) is 10.8. The van der Waals surface area contributed by atoms with Crippen LogP contribution < -0.4 is 10.1 Å². The Morgan fingerprint density at radius 2 is 1.76 bits per heavy atom. The number of carbonyl (C=O) groups excluding carboxylic acids is 1. The Bertz CT molecular complexity index is 776. The van der Waals surface area contributed by atoms with Crippen molar-refractivity contribution in [1.82, 2.24) is 13.9 Å². The lowest BCUT2D eigenvalue weighted by molar-refractivity contribution is -0.126. The first-order valence-corrected chi connectivity index (χ1v) is 12.2. The largest absolute Gasteiger partial charge is 0.494 e. The van der Waals surface area contributed by atoms with Crippen molar-refractivity contribution in [3.05, 3.63) is 29.8 Å². The molecule has 0 unspecified atom stereocenters. The van der Waals surface area contributed by atoms with Gasteiger partial charge in [0.25, 0.3) is 10.2 Å². The number of rotatable bonds is 7. The number of ether oxygens (including phenoxy) is 1. The molecule has 2 saturated heterocycles. The van der Waals surface area contributed by atoms with Gasteiger partial charge in [0.05, 0.1) is 12.5 Å². The van der Waals surface area contributed by atoms with Gasteiger partial charge in [-0.3, -0.25) is 4.79 Å². The van der Waals surface area contributed by atoms with Crippen molar-refractivity contribution in [2.75, 3.05) is 32.8 Å². The number of piperidine rings is 1. The SMILES string of the molecule is CCOc1ccccc1CNC(=O)[C@@H]1CCCN(S(=O)(=O)N2CCCCCC2)C1. The number of carbonyl (C=O) groups is 1. The average Bonchev–Trinajstić information content (AvgIpc) is 3.03. The van der Waals surface area contributed by atoms with E-state index in [1.807, 2.05) is 31.2 Å². The third-order valence-electron chi connectivity index (χ3n) is 5.70. The molecule has 3 rings (SSSR count). The number of para-hydroxylation sites is 1. The summed E-state index contributed by atoms with van der Waals surface area (Å²) >= 11 is 0. The smallest absolute Gasteiger partial charge is 0.281 e. The van der Waals surface area contributed by atoms with Gasteiger partial charge in [0.15, 0.2) is 0 Å². The summed E-state index contributed by atoms with van der Waals surface area (Å²) < 4.78 is 34.9. The van der Waals surface area contributed by atoms with E-state index >= 15 is 0 Å². The average molecular weight is 424 g/mol. The molecular formula is C21H33N3O4S. The normalized spacial score (nSPS) is 22.0. The van der Waals surface area contributed by atoms with Gasteiger partial charge in [0.2, 0.25) is 5.91 Å². The van der Waals surface area contributed by atoms with Crippen LogP contribution in [-0.4, -0.2) is 55.7 Å². The second-order valence-corrected chi connectivity index (χ2v) is 9.71. The Balaban J connectivity index is 1.59. The zero-order valence-corrected chi connectivity index (χ0v) is 18.1. The predicted molar refractivity (Wildman–Crippen MR) is 113 cm³/mol. The number of benzene rings is 1. The summed E-state index contributed by atoms with van der Waals surface area (Å²) in [5, 5.41) is 2.97. The molecule has 2 aliphatic rings. The van der Waals surface area contributed by atoms with Gasteiger partial charge in [0.1, 0.15) is 5.75 Å². The number of hydrogen-bond acceptors (Lipinski definition) is 4. The quantitative estimate of drug-likeness (QED) is 0.731. The molecule has 0 saturated carbocycles. The lowest BCUT2D eigenvalue weighted by atomic mass is 9.98. The molecule has 0 radical (unpaired) electrons. The number of nitrogens with one attached hydrogen (secondary N) is 1. The molecule has 1 N–H and O–H groups in total. The van der Waals surface area contributed by atoms with E-state index in [0.29, 0.717) is 45.6 Å². The van der Waals surface area contributed by atoms with Crippen molar-refractivity contribution in [3.8, 4) is 5.75 Å². The second-order valence-electron chi connectivity index (χ2n) is 7.78. The fraction of sp³-hybridized carbons (Fsp3) is 0.667. The van der Waals surface area contributed by atoms with Crippen LogP contribution in [-0.2, 0) is 21.5 Å². The zero-order chi connectivity index (χ0) is 20.7. The van der Waals surface area contributed by atoms with Gasteiger partial charge in [-0.25, -0.2) is 0 Å². The minimum atomic E-state index is -3.49. The summed E-state index contributed by atoms with van der Waals surface area (Å²) in [6.45, 7) is 4.80. The first kappa shape index (κ1) is 22.1. The maximum Gasteiger partial charge on any atom is 0.281 e. The Hall–Kier alpha value is -1.64. The topological polar surface area (TPSA) is 79.0 Å². The van der Waals surface area contributed by atoms with Crippen LogP contribution in [0.15, 0.2) is 24.3 Å². The third-order valence-corrected chi connectivity index (χ3v) is 7.70.